The molecular weight excluding hydrogens is 384 g/mol. The summed E-state index contributed by atoms with van der Waals surface area (Å²) in [6.45, 7) is 0. The maximum absolute atomic E-state index is 2.52. The van der Waals surface area contributed by atoms with E-state index in [0.29, 0.717) is 0 Å². The highest BCUT2D eigenvalue weighted by Gasteiger charge is 2.19. The smallest absolute Gasteiger partial charge is 0.0146 e. The standard InChI is InChI=1S/C32H28/c1-2-22-4-10-26-12-6-23-7-13-27-15-16-28-14-8-24(20-32(28)30(26)18-22)5-11-25-9-3-21(1)17-29(25)31(27)19-23/h3-4,7-10,13-14,17-20H,1-2,5-6,11-12,15-16H2. The van der Waals surface area contributed by atoms with Crippen LogP contribution in [0.15, 0.2) is 72.8 Å². The second kappa shape index (κ2) is 7.20. The Morgan fingerprint density at radius 2 is 0.531 bits per heavy atom. The maximum Gasteiger partial charge on any atom is -0.0146 e. The van der Waals surface area contributed by atoms with Gasteiger partial charge >= 0.3 is 0 Å². The van der Waals surface area contributed by atoms with Gasteiger partial charge in [-0.1, -0.05) is 72.8 Å². The van der Waals surface area contributed by atoms with Gasteiger partial charge in [-0.05, 0) is 118 Å². The van der Waals surface area contributed by atoms with Crippen LogP contribution in [0.2, 0.25) is 0 Å². The minimum absolute atomic E-state index is 1.10. The number of hydrogen-bond acceptors (Lipinski definition) is 0. The van der Waals surface area contributed by atoms with Crippen LogP contribution in [-0.2, 0) is 51.4 Å². The summed E-state index contributed by atoms with van der Waals surface area (Å²) < 4.78 is 0. The molecule has 0 saturated heterocycles. The summed E-state index contributed by atoms with van der Waals surface area (Å²) in [6, 6.07) is 29.3. The van der Waals surface area contributed by atoms with Crippen molar-refractivity contribution in [2.24, 2.45) is 0 Å². The lowest BCUT2D eigenvalue weighted by atomic mass is 9.81. The molecule has 0 aliphatic heterocycles. The van der Waals surface area contributed by atoms with Crippen molar-refractivity contribution in [3.63, 3.8) is 0 Å². The lowest BCUT2D eigenvalue weighted by Crippen LogP contribution is -2.07. The van der Waals surface area contributed by atoms with E-state index in [1.165, 1.54) is 66.8 Å². The fraction of sp³-hybridized carbons (Fsp3) is 0.250. The van der Waals surface area contributed by atoms with Crippen LogP contribution in [0.3, 0.4) is 0 Å². The molecule has 0 unspecified atom stereocenters. The van der Waals surface area contributed by atoms with Gasteiger partial charge in [0.15, 0.2) is 0 Å². The fourth-order valence-corrected chi connectivity index (χ4v) is 6.11. The van der Waals surface area contributed by atoms with Crippen LogP contribution in [0.25, 0.3) is 22.3 Å². The van der Waals surface area contributed by atoms with Crippen LogP contribution < -0.4 is 0 Å². The van der Waals surface area contributed by atoms with Crippen LogP contribution in [0.4, 0.5) is 0 Å². The summed E-state index contributed by atoms with van der Waals surface area (Å²) in [5.74, 6) is 0. The fourth-order valence-electron chi connectivity index (χ4n) is 6.11. The van der Waals surface area contributed by atoms with Crippen molar-refractivity contribution >= 4 is 0 Å². The number of rotatable bonds is 0. The van der Waals surface area contributed by atoms with E-state index in [2.05, 4.69) is 72.8 Å². The number of aryl methyl sites for hydroxylation is 8. The first kappa shape index (κ1) is 18.5. The summed E-state index contributed by atoms with van der Waals surface area (Å²) in [7, 11) is 0. The van der Waals surface area contributed by atoms with Gasteiger partial charge in [-0.2, -0.15) is 0 Å². The molecule has 0 aromatic heterocycles. The Bertz CT molecular complexity index is 1260. The predicted molar refractivity (Wildman–Crippen MR) is 133 cm³/mol. The molecule has 0 N–H and O–H groups in total. The Kier molecular flexibility index (Phi) is 4.15. The van der Waals surface area contributed by atoms with E-state index in [1.807, 2.05) is 0 Å². The Labute approximate surface area is 191 Å². The molecule has 9 aliphatic carbocycles. The van der Waals surface area contributed by atoms with Gasteiger partial charge in [-0.3, -0.25) is 0 Å². The predicted octanol–water partition coefficient (Wildman–Crippen LogP) is 7.10. The van der Waals surface area contributed by atoms with Crippen molar-refractivity contribution in [1.82, 2.24) is 0 Å². The van der Waals surface area contributed by atoms with E-state index in [4.69, 9.17) is 0 Å². The molecule has 0 fully saturated rings. The molecule has 0 heterocycles. The molecule has 0 radical (unpaired) electrons. The first-order chi connectivity index (χ1) is 15.8. The number of benzene rings is 4. The normalized spacial score (nSPS) is 15.8. The Morgan fingerprint density at radius 3 is 0.844 bits per heavy atom. The Balaban J connectivity index is 1.63. The van der Waals surface area contributed by atoms with Crippen molar-refractivity contribution < 1.29 is 0 Å². The largest absolute Gasteiger partial charge is 0.0587 e. The highest BCUT2D eigenvalue weighted by Crippen LogP contribution is 2.37. The molecule has 4 aromatic rings. The lowest BCUT2D eigenvalue weighted by Gasteiger charge is -2.23. The van der Waals surface area contributed by atoms with E-state index < -0.39 is 0 Å². The second-order valence-corrected chi connectivity index (χ2v) is 9.97. The van der Waals surface area contributed by atoms with Crippen LogP contribution in [0.5, 0.6) is 0 Å². The first-order valence-corrected chi connectivity index (χ1v) is 12.3. The van der Waals surface area contributed by atoms with Gasteiger partial charge in [0.25, 0.3) is 0 Å². The second-order valence-electron chi connectivity index (χ2n) is 9.97. The van der Waals surface area contributed by atoms with Gasteiger partial charge < -0.3 is 0 Å². The average molecular weight is 413 g/mol. The first-order valence-electron chi connectivity index (χ1n) is 12.3. The molecule has 0 heteroatoms. The topological polar surface area (TPSA) is 0 Å². The van der Waals surface area contributed by atoms with E-state index in [1.54, 1.807) is 0 Å². The van der Waals surface area contributed by atoms with Crippen LogP contribution in [0, 0.1) is 0 Å². The van der Waals surface area contributed by atoms with Crippen molar-refractivity contribution in [3.8, 4) is 22.3 Å². The Morgan fingerprint density at radius 1 is 0.281 bits per heavy atom. The average Bonchev–Trinajstić information content (AvgIpc) is 2.82. The third-order valence-electron chi connectivity index (χ3n) is 8.01. The number of hydrogen-bond donors (Lipinski definition) is 0. The maximum atomic E-state index is 2.52. The molecular formula is C32H28. The van der Waals surface area contributed by atoms with Crippen molar-refractivity contribution in [3.05, 3.63) is 117 Å². The monoisotopic (exact) mass is 412 g/mol. The molecule has 9 aliphatic rings. The molecule has 0 nitrogen and oxygen atoms in total. The SMILES string of the molecule is c1cc2c3cc1CCc1ccc4c(c1)-c1cc(ccc1CCc1ccc(cc1-3)CC4)CC2. The third kappa shape index (κ3) is 3.05. The van der Waals surface area contributed by atoms with Gasteiger partial charge in [0.05, 0.1) is 0 Å². The van der Waals surface area contributed by atoms with Gasteiger partial charge in [0.2, 0.25) is 0 Å². The van der Waals surface area contributed by atoms with Gasteiger partial charge in [0.1, 0.15) is 0 Å². The third-order valence-corrected chi connectivity index (χ3v) is 8.01. The highest BCUT2D eigenvalue weighted by atomic mass is 14.2. The molecule has 0 amide bonds. The summed E-state index contributed by atoms with van der Waals surface area (Å²) in [5, 5.41) is 0. The zero-order valence-electron chi connectivity index (χ0n) is 18.6. The van der Waals surface area contributed by atoms with E-state index >= 15 is 0 Å². The van der Waals surface area contributed by atoms with Crippen LogP contribution in [-0.4, -0.2) is 0 Å². The summed E-state index contributed by atoms with van der Waals surface area (Å²) in [4.78, 5) is 0. The summed E-state index contributed by atoms with van der Waals surface area (Å²) in [5.41, 5.74) is 17.9. The number of fused-ring (bicyclic) bond motifs is 4. The molecule has 13 rings (SSSR count). The van der Waals surface area contributed by atoms with Gasteiger partial charge in [-0.15, -0.1) is 0 Å². The summed E-state index contributed by atoms with van der Waals surface area (Å²) in [6.07, 6.45) is 8.81. The van der Waals surface area contributed by atoms with E-state index in [9.17, 15) is 0 Å². The van der Waals surface area contributed by atoms with Crippen molar-refractivity contribution in [2.75, 3.05) is 0 Å². The zero-order chi connectivity index (χ0) is 21.1. The Hall–Kier alpha value is -3.12. The van der Waals surface area contributed by atoms with E-state index in [0.717, 1.165) is 51.4 Å². The van der Waals surface area contributed by atoms with E-state index in [-0.39, 0.29) is 0 Å². The van der Waals surface area contributed by atoms with Crippen molar-refractivity contribution in [2.45, 2.75) is 51.4 Å². The summed E-state index contributed by atoms with van der Waals surface area (Å²) >= 11 is 0. The quantitative estimate of drug-likeness (QED) is 0.289. The highest BCUT2D eigenvalue weighted by molar-refractivity contribution is 5.75. The van der Waals surface area contributed by atoms with Gasteiger partial charge in [-0.25, -0.2) is 0 Å². The minimum Gasteiger partial charge on any atom is -0.0587 e. The minimum atomic E-state index is 1.10. The van der Waals surface area contributed by atoms with Crippen LogP contribution in [0.1, 0.15) is 44.5 Å². The molecule has 32 heavy (non-hydrogen) atoms. The molecule has 0 spiro atoms. The van der Waals surface area contributed by atoms with Gasteiger partial charge in [0, 0.05) is 0 Å². The molecule has 4 aromatic carbocycles. The molecule has 156 valence electrons. The van der Waals surface area contributed by atoms with Crippen molar-refractivity contribution in [1.29, 1.82) is 0 Å². The lowest BCUT2D eigenvalue weighted by molar-refractivity contribution is 0.905. The zero-order valence-corrected chi connectivity index (χ0v) is 18.6. The molecule has 12 bridgehead atoms. The molecule has 0 saturated carbocycles. The van der Waals surface area contributed by atoms with Crippen LogP contribution >= 0.6 is 0 Å². The molecule has 0 atom stereocenters.